The van der Waals surface area contributed by atoms with E-state index >= 15 is 0 Å². The smallest absolute Gasteiger partial charge is 0.326 e. The van der Waals surface area contributed by atoms with Crippen LogP contribution in [0.2, 0.25) is 0 Å². The molecule has 0 spiro atoms. The maximum Gasteiger partial charge on any atom is 0.326 e. The molecule has 0 heterocycles. The normalized spacial score (nSPS) is 14.1. The number of nitrogens with two attached hydrogens (primary N) is 2. The molecule has 4 amide bonds. The van der Waals surface area contributed by atoms with Gasteiger partial charge >= 0.3 is 11.9 Å². The lowest BCUT2D eigenvalue weighted by atomic mass is 10.0. The van der Waals surface area contributed by atoms with Crippen molar-refractivity contribution in [3.05, 3.63) is 29.8 Å². The number of carbonyl (C=O) groups excluding carboxylic acids is 4. The summed E-state index contributed by atoms with van der Waals surface area (Å²) in [7, 11) is 0. The van der Waals surface area contributed by atoms with Crippen molar-refractivity contribution in [1.29, 1.82) is 0 Å². The van der Waals surface area contributed by atoms with Crippen molar-refractivity contribution < 1.29 is 44.1 Å². The number of phenolic OH excluding ortho intramolecular Hbond substituents is 1. The minimum absolute atomic E-state index is 0.0239. The highest BCUT2D eigenvalue weighted by Crippen LogP contribution is 2.11. The number of hydrogen-bond donors (Lipinski definition) is 8. The molecule has 0 aliphatic heterocycles. The van der Waals surface area contributed by atoms with E-state index in [1.54, 1.807) is 12.1 Å². The average molecular weight is 481 g/mol. The summed E-state index contributed by atoms with van der Waals surface area (Å²) < 4.78 is 0. The lowest BCUT2D eigenvalue weighted by molar-refractivity contribution is -0.147. The van der Waals surface area contributed by atoms with Gasteiger partial charge in [0.25, 0.3) is 0 Å². The Morgan fingerprint density at radius 2 is 1.41 bits per heavy atom. The fraction of sp³-hybridized carbons (Fsp3) is 0.400. The molecular weight excluding hydrogens is 454 g/mol. The maximum absolute atomic E-state index is 12.6. The van der Waals surface area contributed by atoms with Crippen LogP contribution in [-0.4, -0.2) is 75.1 Å². The third kappa shape index (κ3) is 9.52. The van der Waals surface area contributed by atoms with Crippen molar-refractivity contribution in [3.63, 3.8) is 0 Å². The number of aromatic hydroxyl groups is 1. The molecule has 4 atom stereocenters. The number of carboxylic acids is 2. The Bertz CT molecular complexity index is 935. The molecule has 34 heavy (non-hydrogen) atoms. The van der Waals surface area contributed by atoms with Crippen LogP contribution in [0.15, 0.2) is 24.3 Å². The number of benzene rings is 1. The zero-order valence-corrected chi connectivity index (χ0v) is 18.2. The van der Waals surface area contributed by atoms with Crippen molar-refractivity contribution in [2.45, 2.75) is 50.4 Å². The SMILES string of the molecule is CC(NC(=O)C(CC(N)=O)NC(=O)C(N)Cc1ccc(O)cc1)C(=O)NC(CC(=O)O)C(=O)O. The fourth-order valence-electron chi connectivity index (χ4n) is 2.72. The summed E-state index contributed by atoms with van der Waals surface area (Å²) in [6.07, 6.45) is -1.45. The summed E-state index contributed by atoms with van der Waals surface area (Å²) in [5.41, 5.74) is 11.6. The van der Waals surface area contributed by atoms with E-state index in [1.807, 2.05) is 5.32 Å². The second kappa shape index (κ2) is 12.7. The van der Waals surface area contributed by atoms with E-state index in [2.05, 4.69) is 10.6 Å². The molecule has 1 aromatic rings. The molecule has 0 radical (unpaired) electrons. The summed E-state index contributed by atoms with van der Waals surface area (Å²) in [5, 5.41) is 33.5. The van der Waals surface area contributed by atoms with E-state index < -0.39 is 72.6 Å². The van der Waals surface area contributed by atoms with Gasteiger partial charge in [-0.2, -0.15) is 0 Å². The molecule has 10 N–H and O–H groups in total. The van der Waals surface area contributed by atoms with Gasteiger partial charge in [-0.3, -0.25) is 24.0 Å². The monoisotopic (exact) mass is 481 g/mol. The lowest BCUT2D eigenvalue weighted by Gasteiger charge is -2.22. The quantitative estimate of drug-likeness (QED) is 0.143. The standard InChI is InChI=1S/C20H27N5O9/c1-9(17(30)25-14(20(33)34)8-16(28)29)23-19(32)13(7-15(22)27)24-18(31)12(21)6-10-2-4-11(26)5-3-10/h2-5,9,12-14,26H,6-8,21H2,1H3,(H2,22,27)(H,23,32)(H,24,31)(H,25,30)(H,28,29)(H,33,34). The highest BCUT2D eigenvalue weighted by molar-refractivity contribution is 5.96. The van der Waals surface area contributed by atoms with Gasteiger partial charge in [0.05, 0.1) is 18.9 Å². The molecule has 1 aromatic carbocycles. The molecule has 14 heteroatoms. The molecule has 0 saturated heterocycles. The van der Waals surface area contributed by atoms with Gasteiger partial charge in [-0.1, -0.05) is 12.1 Å². The zero-order valence-electron chi connectivity index (χ0n) is 18.2. The Morgan fingerprint density at radius 1 is 0.853 bits per heavy atom. The number of phenols is 1. The maximum atomic E-state index is 12.6. The van der Waals surface area contributed by atoms with E-state index in [4.69, 9.17) is 21.7 Å². The number of rotatable bonds is 13. The highest BCUT2D eigenvalue weighted by Gasteiger charge is 2.30. The first-order valence-corrected chi connectivity index (χ1v) is 9.97. The zero-order chi connectivity index (χ0) is 26.0. The molecule has 14 nitrogen and oxygen atoms in total. The molecule has 0 bridgehead atoms. The molecular formula is C20H27N5O9. The summed E-state index contributed by atoms with van der Waals surface area (Å²) in [5.74, 6) is -6.73. The van der Waals surface area contributed by atoms with Gasteiger partial charge in [0.1, 0.15) is 23.9 Å². The van der Waals surface area contributed by atoms with Crippen LogP contribution in [0.5, 0.6) is 5.75 Å². The third-order valence-corrected chi connectivity index (χ3v) is 4.51. The highest BCUT2D eigenvalue weighted by atomic mass is 16.4. The number of aliphatic carboxylic acids is 2. The van der Waals surface area contributed by atoms with Gasteiger partial charge in [-0.25, -0.2) is 4.79 Å². The predicted molar refractivity (Wildman–Crippen MR) is 115 cm³/mol. The van der Waals surface area contributed by atoms with Crippen LogP contribution in [0.1, 0.15) is 25.3 Å². The Labute approximate surface area is 193 Å². The third-order valence-electron chi connectivity index (χ3n) is 4.51. The van der Waals surface area contributed by atoms with Crippen molar-refractivity contribution in [2.75, 3.05) is 0 Å². The molecule has 0 aromatic heterocycles. The van der Waals surface area contributed by atoms with Crippen LogP contribution in [-0.2, 0) is 35.2 Å². The Kier molecular flexibility index (Phi) is 10.4. The van der Waals surface area contributed by atoms with Crippen LogP contribution in [0.25, 0.3) is 0 Å². The second-order valence-corrected chi connectivity index (χ2v) is 7.44. The van der Waals surface area contributed by atoms with Crippen molar-refractivity contribution in [2.24, 2.45) is 11.5 Å². The molecule has 0 aliphatic rings. The van der Waals surface area contributed by atoms with Gasteiger partial charge in [0, 0.05) is 0 Å². The first-order chi connectivity index (χ1) is 15.8. The predicted octanol–water partition coefficient (Wildman–Crippen LogP) is -2.83. The fourth-order valence-corrected chi connectivity index (χ4v) is 2.72. The Morgan fingerprint density at radius 3 is 1.91 bits per heavy atom. The summed E-state index contributed by atoms with van der Waals surface area (Å²) in [6.45, 7) is 1.19. The minimum atomic E-state index is -1.73. The summed E-state index contributed by atoms with van der Waals surface area (Å²) in [6, 6.07) is 0.212. The van der Waals surface area contributed by atoms with Gasteiger partial charge in [-0.05, 0) is 31.0 Å². The molecule has 0 fully saturated rings. The number of hydrogen-bond acceptors (Lipinski definition) is 8. The molecule has 1 rings (SSSR count). The molecule has 0 saturated carbocycles. The van der Waals surface area contributed by atoms with Crippen LogP contribution in [0.3, 0.4) is 0 Å². The lowest BCUT2D eigenvalue weighted by Crippen LogP contribution is -2.57. The van der Waals surface area contributed by atoms with E-state index in [0.29, 0.717) is 5.56 Å². The number of amides is 4. The second-order valence-electron chi connectivity index (χ2n) is 7.44. The molecule has 4 unspecified atom stereocenters. The summed E-state index contributed by atoms with van der Waals surface area (Å²) in [4.78, 5) is 70.4. The van der Waals surface area contributed by atoms with E-state index in [1.165, 1.54) is 19.1 Å². The molecule has 0 aliphatic carbocycles. The Balaban J connectivity index is 2.79. The van der Waals surface area contributed by atoms with Crippen molar-refractivity contribution in [3.8, 4) is 5.75 Å². The van der Waals surface area contributed by atoms with Gasteiger partial charge in [-0.15, -0.1) is 0 Å². The van der Waals surface area contributed by atoms with E-state index in [0.717, 1.165) is 0 Å². The first kappa shape index (κ1) is 27.8. The van der Waals surface area contributed by atoms with Crippen LogP contribution in [0.4, 0.5) is 0 Å². The van der Waals surface area contributed by atoms with Crippen LogP contribution >= 0.6 is 0 Å². The van der Waals surface area contributed by atoms with Gasteiger partial charge < -0.3 is 42.7 Å². The number of carboxylic acid groups (broad SMARTS) is 2. The Hall–Kier alpha value is -4.20. The van der Waals surface area contributed by atoms with E-state index in [-0.39, 0.29) is 12.2 Å². The van der Waals surface area contributed by atoms with Gasteiger partial charge in [0.2, 0.25) is 23.6 Å². The summed E-state index contributed by atoms with van der Waals surface area (Å²) >= 11 is 0. The van der Waals surface area contributed by atoms with Crippen molar-refractivity contribution >= 4 is 35.6 Å². The largest absolute Gasteiger partial charge is 0.508 e. The number of primary amides is 1. The first-order valence-electron chi connectivity index (χ1n) is 9.97. The average Bonchev–Trinajstić information content (AvgIpc) is 2.73. The van der Waals surface area contributed by atoms with Crippen LogP contribution in [0, 0.1) is 0 Å². The van der Waals surface area contributed by atoms with Gasteiger partial charge in [0.15, 0.2) is 0 Å². The topological polar surface area (TPSA) is 251 Å². The molecule has 186 valence electrons. The van der Waals surface area contributed by atoms with E-state index in [9.17, 15) is 33.9 Å². The van der Waals surface area contributed by atoms with Crippen molar-refractivity contribution in [1.82, 2.24) is 16.0 Å². The number of nitrogens with one attached hydrogen (secondary N) is 3. The van der Waals surface area contributed by atoms with Crippen LogP contribution < -0.4 is 27.4 Å². The minimum Gasteiger partial charge on any atom is -0.508 e. The number of carbonyl (C=O) groups is 6.